The van der Waals surface area contributed by atoms with Gasteiger partial charge in [0.2, 0.25) is 0 Å². The Morgan fingerprint density at radius 2 is 0.919 bits per heavy atom. The second-order valence-corrected chi connectivity index (χ2v) is 11.9. The van der Waals surface area contributed by atoms with Crippen molar-refractivity contribution >= 4 is 56.2 Å². The van der Waals surface area contributed by atoms with Gasteiger partial charge in [-0.25, -0.2) is 0 Å². The largest absolute Gasteiger partial charge is 0.0622 e. The van der Waals surface area contributed by atoms with Gasteiger partial charge in [0.15, 0.2) is 0 Å². The van der Waals surface area contributed by atoms with E-state index in [0.29, 0.717) is 0 Å². The topological polar surface area (TPSA) is 0 Å². The van der Waals surface area contributed by atoms with Crippen molar-refractivity contribution in [2.45, 2.75) is 0 Å². The Morgan fingerprint density at radius 1 is 0.351 bits per heavy atom. The summed E-state index contributed by atoms with van der Waals surface area (Å²) in [6.45, 7) is 0. The van der Waals surface area contributed by atoms with Gasteiger partial charge in [0, 0.05) is 0 Å². The molecule has 0 heterocycles. The molecule has 1 aliphatic carbocycles. The van der Waals surface area contributed by atoms with Crippen molar-refractivity contribution in [1.29, 1.82) is 0 Å². The van der Waals surface area contributed by atoms with Crippen LogP contribution in [0.2, 0.25) is 0 Å². The lowest BCUT2D eigenvalue weighted by atomic mass is 9.99. The predicted octanol–water partition coefficient (Wildman–Crippen LogP) is 8.55. The first kappa shape index (κ1) is 20.9. The van der Waals surface area contributed by atoms with Crippen molar-refractivity contribution in [3.05, 3.63) is 140 Å². The number of fused-ring (bicyclic) bond motifs is 5. The molecule has 1 aliphatic rings. The molecule has 0 saturated heterocycles. The zero-order chi connectivity index (χ0) is 24.3. The highest BCUT2D eigenvalue weighted by atomic mass is 31.1. The van der Waals surface area contributed by atoms with E-state index >= 15 is 0 Å². The van der Waals surface area contributed by atoms with E-state index in [1.54, 1.807) is 0 Å². The van der Waals surface area contributed by atoms with Crippen molar-refractivity contribution in [2.24, 2.45) is 0 Å². The van der Waals surface area contributed by atoms with E-state index in [1.807, 2.05) is 0 Å². The summed E-state index contributed by atoms with van der Waals surface area (Å²) in [5, 5.41) is 12.2. The maximum Gasteiger partial charge on any atom is -0.00197 e. The third-order valence-corrected chi connectivity index (χ3v) is 10.3. The van der Waals surface area contributed by atoms with Crippen LogP contribution in [0.5, 0.6) is 0 Å². The molecule has 0 amide bonds. The highest BCUT2D eigenvalue weighted by Gasteiger charge is 2.27. The lowest BCUT2D eigenvalue weighted by Crippen LogP contribution is -2.22. The van der Waals surface area contributed by atoms with Crippen molar-refractivity contribution in [3.63, 3.8) is 0 Å². The average molecular weight is 487 g/mol. The molecule has 37 heavy (non-hydrogen) atoms. The number of benzene rings is 7. The molecule has 0 nitrogen and oxygen atoms in total. The molecular formula is C36H23P. The molecule has 0 aliphatic heterocycles. The summed E-state index contributed by atoms with van der Waals surface area (Å²) in [5.74, 6) is 0. The van der Waals surface area contributed by atoms with E-state index in [2.05, 4.69) is 140 Å². The molecule has 7 aromatic rings. The maximum atomic E-state index is 2.41. The van der Waals surface area contributed by atoms with Crippen LogP contribution in [-0.4, -0.2) is 0 Å². The Labute approximate surface area is 217 Å². The molecule has 1 unspecified atom stereocenters. The van der Waals surface area contributed by atoms with Gasteiger partial charge < -0.3 is 0 Å². The molecule has 0 saturated carbocycles. The standard InChI is InChI=1S/C36H23P/c1-2-14-27(15-3-1)37(34-19-8-13-24-10-6-7-16-28(24)34)35-21-20-30-33-23-26-12-5-4-11-25(26)22-32(33)29-17-9-18-31(35)36(29)30/h1-23H. The molecule has 0 spiro atoms. The van der Waals surface area contributed by atoms with E-state index < -0.39 is 7.92 Å². The van der Waals surface area contributed by atoms with Gasteiger partial charge in [-0.2, -0.15) is 0 Å². The molecule has 1 atom stereocenters. The summed E-state index contributed by atoms with van der Waals surface area (Å²) >= 11 is 0. The van der Waals surface area contributed by atoms with Crippen molar-refractivity contribution in [2.75, 3.05) is 0 Å². The quantitative estimate of drug-likeness (QED) is 0.220. The van der Waals surface area contributed by atoms with Gasteiger partial charge in [-0.15, -0.1) is 0 Å². The minimum atomic E-state index is -0.750. The van der Waals surface area contributed by atoms with E-state index in [1.165, 1.54) is 70.5 Å². The smallest absolute Gasteiger partial charge is 0.00197 e. The van der Waals surface area contributed by atoms with Crippen LogP contribution in [0.15, 0.2) is 140 Å². The van der Waals surface area contributed by atoms with Crippen LogP contribution in [0.3, 0.4) is 0 Å². The number of rotatable bonds is 3. The fourth-order valence-electron chi connectivity index (χ4n) is 6.11. The van der Waals surface area contributed by atoms with E-state index in [-0.39, 0.29) is 0 Å². The molecule has 8 rings (SSSR count). The summed E-state index contributed by atoms with van der Waals surface area (Å²) in [6, 6.07) is 51.8. The van der Waals surface area contributed by atoms with Gasteiger partial charge >= 0.3 is 0 Å². The highest BCUT2D eigenvalue weighted by molar-refractivity contribution is 7.80. The minimum absolute atomic E-state index is 0.750. The van der Waals surface area contributed by atoms with Crippen LogP contribution >= 0.6 is 7.92 Å². The molecular weight excluding hydrogens is 463 g/mol. The monoisotopic (exact) mass is 486 g/mol. The lowest BCUT2D eigenvalue weighted by Gasteiger charge is -2.23. The van der Waals surface area contributed by atoms with Crippen LogP contribution in [0.1, 0.15) is 0 Å². The fourth-order valence-corrected chi connectivity index (χ4v) is 8.73. The Hall–Kier alpha value is -4.25. The summed E-state index contributed by atoms with van der Waals surface area (Å²) in [4.78, 5) is 0. The SMILES string of the molecule is c1ccc(P(c2cccc3ccccc23)c2ccc3c4c(cccc24)-c2cc4ccccc4cc2-3)cc1. The van der Waals surface area contributed by atoms with Gasteiger partial charge in [-0.3, -0.25) is 0 Å². The van der Waals surface area contributed by atoms with Gasteiger partial charge in [0.25, 0.3) is 0 Å². The number of hydrogen-bond acceptors (Lipinski definition) is 0. The summed E-state index contributed by atoms with van der Waals surface area (Å²) in [7, 11) is -0.750. The van der Waals surface area contributed by atoms with E-state index in [4.69, 9.17) is 0 Å². The number of hydrogen-bond donors (Lipinski definition) is 0. The fraction of sp³-hybridized carbons (Fsp3) is 0. The molecule has 1 heteroatoms. The van der Waals surface area contributed by atoms with Crippen LogP contribution in [0.25, 0.3) is 54.6 Å². The highest BCUT2D eigenvalue weighted by Crippen LogP contribution is 2.50. The average Bonchev–Trinajstić information content (AvgIpc) is 3.27. The van der Waals surface area contributed by atoms with Crippen LogP contribution in [0, 0.1) is 0 Å². The van der Waals surface area contributed by atoms with Gasteiger partial charge in [-0.05, 0) is 90.5 Å². The molecule has 0 radical (unpaired) electrons. The molecule has 0 aromatic heterocycles. The maximum absolute atomic E-state index is 2.41. The molecule has 7 aromatic carbocycles. The third kappa shape index (κ3) is 3.13. The zero-order valence-electron chi connectivity index (χ0n) is 20.2. The van der Waals surface area contributed by atoms with E-state index in [9.17, 15) is 0 Å². The third-order valence-electron chi connectivity index (χ3n) is 7.75. The molecule has 0 N–H and O–H groups in total. The van der Waals surface area contributed by atoms with Crippen LogP contribution in [0.4, 0.5) is 0 Å². The minimum Gasteiger partial charge on any atom is -0.0622 e. The predicted molar refractivity (Wildman–Crippen MR) is 162 cm³/mol. The summed E-state index contributed by atoms with van der Waals surface area (Å²) in [6.07, 6.45) is 0. The Kier molecular flexibility index (Phi) is 4.59. The molecule has 0 bridgehead atoms. The van der Waals surface area contributed by atoms with Crippen molar-refractivity contribution < 1.29 is 0 Å². The first-order valence-electron chi connectivity index (χ1n) is 12.8. The van der Waals surface area contributed by atoms with E-state index in [0.717, 1.165) is 0 Å². The Morgan fingerprint density at radius 3 is 1.70 bits per heavy atom. The Bertz CT molecular complexity index is 1930. The zero-order valence-corrected chi connectivity index (χ0v) is 21.1. The van der Waals surface area contributed by atoms with Crippen LogP contribution in [-0.2, 0) is 0 Å². The molecule has 172 valence electrons. The second-order valence-electron chi connectivity index (χ2n) is 9.77. The van der Waals surface area contributed by atoms with Crippen LogP contribution < -0.4 is 15.9 Å². The lowest BCUT2D eigenvalue weighted by molar-refractivity contribution is 1.73. The summed E-state index contributed by atoms with van der Waals surface area (Å²) in [5.41, 5.74) is 5.42. The van der Waals surface area contributed by atoms with Crippen molar-refractivity contribution in [1.82, 2.24) is 0 Å². The van der Waals surface area contributed by atoms with Gasteiger partial charge in [-0.1, -0.05) is 127 Å². The van der Waals surface area contributed by atoms with Gasteiger partial charge in [0.05, 0.1) is 0 Å². The molecule has 0 fully saturated rings. The van der Waals surface area contributed by atoms with Gasteiger partial charge in [0.1, 0.15) is 0 Å². The van der Waals surface area contributed by atoms with Crippen molar-refractivity contribution in [3.8, 4) is 22.3 Å². The first-order valence-corrected chi connectivity index (χ1v) is 14.1. The normalized spacial score (nSPS) is 12.8. The first-order chi connectivity index (χ1) is 18.4. The second kappa shape index (κ2) is 8.13. The summed E-state index contributed by atoms with van der Waals surface area (Å²) < 4.78 is 0. The Balaban J connectivity index is 1.44.